The molecule has 0 spiro atoms. The minimum atomic E-state index is -0.704. The van der Waals surface area contributed by atoms with E-state index < -0.39 is 5.91 Å². The number of anilines is 2. The Morgan fingerprint density at radius 3 is 2.71 bits per heavy atom. The van der Waals surface area contributed by atoms with Gasteiger partial charge in [-0.15, -0.1) is 0 Å². The van der Waals surface area contributed by atoms with Crippen LogP contribution in [0.3, 0.4) is 0 Å². The predicted molar refractivity (Wildman–Crippen MR) is 95.0 cm³/mol. The summed E-state index contributed by atoms with van der Waals surface area (Å²) >= 11 is 0. The quantitative estimate of drug-likeness (QED) is 0.291. The summed E-state index contributed by atoms with van der Waals surface area (Å²) in [5.74, 6) is 0.279. The van der Waals surface area contributed by atoms with E-state index >= 15 is 0 Å². The summed E-state index contributed by atoms with van der Waals surface area (Å²) in [4.78, 5) is 19.9. The van der Waals surface area contributed by atoms with Gasteiger partial charge in [0.2, 0.25) is 0 Å². The number of aromatic nitrogens is 2. The van der Waals surface area contributed by atoms with Gasteiger partial charge in [-0.2, -0.15) is 0 Å². The molecule has 0 fully saturated rings. The lowest BCUT2D eigenvalue weighted by molar-refractivity contribution is -0.104. The first-order valence-corrected chi connectivity index (χ1v) is 7.83. The highest BCUT2D eigenvalue weighted by Crippen LogP contribution is 2.16. The van der Waals surface area contributed by atoms with Crippen LogP contribution in [-0.2, 0) is 0 Å². The molecule has 0 aliphatic carbocycles. The van der Waals surface area contributed by atoms with Gasteiger partial charge in [0.1, 0.15) is 11.5 Å². The monoisotopic (exact) mass is 335 g/mol. The third-order valence-corrected chi connectivity index (χ3v) is 3.58. The van der Waals surface area contributed by atoms with Gasteiger partial charge in [-0.1, -0.05) is 13.3 Å². The number of allylic oxidation sites excluding steroid dienone is 1. The molecule has 0 aromatic carbocycles. The molecule has 10 N–H and O–H groups in total. The minimum Gasteiger partial charge on any atom is -0.403 e. The number of primary amides is 1. The molecule has 0 unspecified atom stereocenters. The molecule has 2 atom stereocenters. The second-order valence-corrected chi connectivity index (χ2v) is 5.52. The molecule has 1 rings (SSSR count). The van der Waals surface area contributed by atoms with Crippen LogP contribution in [0.25, 0.3) is 0 Å². The Morgan fingerprint density at radius 1 is 1.50 bits per heavy atom. The SMILES string of the molecule is CCC[C@@H](CNc1cnc(C(N)=O)c(N/C(C=[NH2+])=C/N)n1)[C@H](C)N. The second kappa shape index (κ2) is 9.46. The zero-order valence-corrected chi connectivity index (χ0v) is 14.1. The molecular formula is C15H27N8O+. The van der Waals surface area contributed by atoms with Crippen LogP contribution in [0.4, 0.5) is 11.6 Å². The topological polar surface area (TPSA) is 171 Å². The summed E-state index contributed by atoms with van der Waals surface area (Å²) in [5.41, 5.74) is 17.1. The number of nitrogens with two attached hydrogens (primary N) is 4. The molecular weight excluding hydrogens is 308 g/mol. The van der Waals surface area contributed by atoms with Crippen molar-refractivity contribution in [2.24, 2.45) is 23.1 Å². The van der Waals surface area contributed by atoms with E-state index in [0.29, 0.717) is 24.0 Å². The molecule has 9 heteroatoms. The van der Waals surface area contributed by atoms with Gasteiger partial charge in [0.25, 0.3) is 5.91 Å². The first-order chi connectivity index (χ1) is 11.4. The van der Waals surface area contributed by atoms with Crippen LogP contribution in [0.15, 0.2) is 18.1 Å². The maximum Gasteiger partial charge on any atom is 0.271 e. The first kappa shape index (κ1) is 19.4. The van der Waals surface area contributed by atoms with E-state index in [1.54, 1.807) is 0 Å². The number of carbonyl (C=O) groups excluding carboxylic acids is 1. The van der Waals surface area contributed by atoms with Crippen molar-refractivity contribution in [3.63, 3.8) is 0 Å². The number of carbonyl (C=O) groups is 1. The summed E-state index contributed by atoms with van der Waals surface area (Å²) in [6, 6.07) is 0.0616. The van der Waals surface area contributed by atoms with Crippen molar-refractivity contribution < 1.29 is 10.2 Å². The summed E-state index contributed by atoms with van der Waals surface area (Å²) in [5, 5.41) is 11.4. The minimum absolute atomic E-state index is 0.000879. The maximum absolute atomic E-state index is 11.5. The van der Waals surface area contributed by atoms with E-state index in [4.69, 9.17) is 22.6 Å². The Bertz CT molecular complexity index is 599. The summed E-state index contributed by atoms with van der Waals surface area (Å²) in [6.07, 6.45) is 6.00. The van der Waals surface area contributed by atoms with E-state index in [9.17, 15) is 4.79 Å². The molecule has 1 heterocycles. The van der Waals surface area contributed by atoms with E-state index in [1.165, 1.54) is 18.6 Å². The third kappa shape index (κ3) is 5.51. The van der Waals surface area contributed by atoms with E-state index in [0.717, 1.165) is 12.8 Å². The second-order valence-electron chi connectivity index (χ2n) is 5.52. The van der Waals surface area contributed by atoms with Gasteiger partial charge < -0.3 is 27.8 Å². The molecule has 9 nitrogen and oxygen atoms in total. The van der Waals surface area contributed by atoms with Gasteiger partial charge in [0.05, 0.1) is 6.20 Å². The van der Waals surface area contributed by atoms with Gasteiger partial charge in [-0.3, -0.25) is 10.2 Å². The lowest BCUT2D eigenvalue weighted by Gasteiger charge is -2.21. The maximum atomic E-state index is 11.5. The van der Waals surface area contributed by atoms with Gasteiger partial charge in [0.15, 0.2) is 17.7 Å². The van der Waals surface area contributed by atoms with Crippen molar-refractivity contribution in [3.05, 3.63) is 23.8 Å². The zero-order valence-electron chi connectivity index (χ0n) is 14.1. The van der Waals surface area contributed by atoms with Crippen molar-refractivity contribution in [1.29, 1.82) is 0 Å². The Labute approximate surface area is 141 Å². The predicted octanol–water partition coefficient (Wildman–Crippen LogP) is -1.21. The molecule has 0 saturated heterocycles. The van der Waals surface area contributed by atoms with Crippen molar-refractivity contribution in [1.82, 2.24) is 9.97 Å². The molecule has 1 aromatic heterocycles. The lowest BCUT2D eigenvalue weighted by atomic mass is 9.97. The number of amides is 1. The zero-order chi connectivity index (χ0) is 18.1. The number of hydrogen-bond donors (Lipinski definition) is 6. The first-order valence-electron chi connectivity index (χ1n) is 7.83. The molecule has 1 amide bonds. The number of nitrogens with one attached hydrogen (secondary N) is 2. The molecule has 1 aromatic rings. The van der Waals surface area contributed by atoms with Crippen molar-refractivity contribution in [2.45, 2.75) is 32.7 Å². The van der Waals surface area contributed by atoms with Gasteiger partial charge >= 0.3 is 0 Å². The molecule has 0 aliphatic rings. The fraction of sp³-hybridized carbons (Fsp3) is 0.467. The van der Waals surface area contributed by atoms with Gasteiger partial charge in [-0.05, 0) is 19.3 Å². The van der Waals surface area contributed by atoms with Crippen LogP contribution in [-0.4, -0.2) is 34.7 Å². The fourth-order valence-electron chi connectivity index (χ4n) is 2.17. The third-order valence-electron chi connectivity index (χ3n) is 3.58. The van der Waals surface area contributed by atoms with Crippen LogP contribution in [0, 0.1) is 5.92 Å². The van der Waals surface area contributed by atoms with E-state index in [-0.39, 0.29) is 17.6 Å². The Balaban J connectivity index is 2.97. The standard InChI is InChI=1S/C15H26N8O/c1-3-4-10(9(2)18)7-20-12-8-21-13(14(19)24)15(23-12)22-11(5-16)6-17/h5-6,8-10,16H,3-4,7,17-18H2,1-2H3,(H2,19,24)(H2,20,22,23)/p+1/b11-6+,16-5?/t9-,10-/m0/s1. The van der Waals surface area contributed by atoms with Gasteiger partial charge in [-0.25, -0.2) is 9.97 Å². The van der Waals surface area contributed by atoms with Crippen molar-refractivity contribution >= 4 is 23.8 Å². The average Bonchev–Trinajstić information content (AvgIpc) is 2.55. The molecule has 0 bridgehead atoms. The fourth-order valence-corrected chi connectivity index (χ4v) is 2.17. The van der Waals surface area contributed by atoms with Crippen LogP contribution in [0.5, 0.6) is 0 Å². The molecule has 0 aliphatic heterocycles. The average molecular weight is 335 g/mol. The van der Waals surface area contributed by atoms with E-state index in [2.05, 4.69) is 27.5 Å². The smallest absolute Gasteiger partial charge is 0.271 e. The highest BCUT2D eigenvalue weighted by molar-refractivity contribution is 5.96. The Hall–Kier alpha value is -2.68. The van der Waals surface area contributed by atoms with E-state index in [1.807, 2.05) is 6.92 Å². The molecule has 0 saturated carbocycles. The highest BCUT2D eigenvalue weighted by atomic mass is 16.1. The van der Waals surface area contributed by atoms with Crippen LogP contribution in [0.1, 0.15) is 37.2 Å². The lowest BCUT2D eigenvalue weighted by Crippen LogP contribution is -2.33. The van der Waals surface area contributed by atoms with Crippen molar-refractivity contribution in [3.8, 4) is 0 Å². The highest BCUT2D eigenvalue weighted by Gasteiger charge is 2.16. The number of hydrogen-bond acceptors (Lipinski definition) is 7. The molecule has 132 valence electrons. The number of rotatable bonds is 10. The normalized spacial score (nSPS) is 13.9. The van der Waals surface area contributed by atoms with Crippen molar-refractivity contribution in [2.75, 3.05) is 17.2 Å². The van der Waals surface area contributed by atoms with Gasteiger partial charge in [0, 0.05) is 18.8 Å². The summed E-state index contributed by atoms with van der Waals surface area (Å²) in [7, 11) is 0. The largest absolute Gasteiger partial charge is 0.403 e. The Morgan fingerprint density at radius 2 is 2.21 bits per heavy atom. The molecule has 0 radical (unpaired) electrons. The van der Waals surface area contributed by atoms with Crippen LogP contribution in [0.2, 0.25) is 0 Å². The summed E-state index contributed by atoms with van der Waals surface area (Å²) in [6.45, 7) is 4.74. The number of nitrogens with zero attached hydrogens (tertiary/aromatic N) is 2. The van der Waals surface area contributed by atoms with Crippen LogP contribution < -0.4 is 33.2 Å². The van der Waals surface area contributed by atoms with Crippen LogP contribution >= 0.6 is 0 Å². The Kier molecular flexibility index (Phi) is 7.63. The summed E-state index contributed by atoms with van der Waals surface area (Å²) < 4.78 is 0. The molecule has 24 heavy (non-hydrogen) atoms.